The summed E-state index contributed by atoms with van der Waals surface area (Å²) < 4.78 is 27.3. The van der Waals surface area contributed by atoms with Crippen LogP contribution in [-0.2, 0) is 10.0 Å². The van der Waals surface area contributed by atoms with E-state index in [9.17, 15) is 8.42 Å². The zero-order chi connectivity index (χ0) is 15.6. The van der Waals surface area contributed by atoms with Gasteiger partial charge in [-0.25, -0.2) is 8.42 Å². The average Bonchev–Trinajstić information content (AvgIpc) is 2.95. The van der Waals surface area contributed by atoms with Gasteiger partial charge in [0.15, 0.2) is 0 Å². The van der Waals surface area contributed by atoms with Gasteiger partial charge in [0.25, 0.3) is 10.0 Å². The van der Waals surface area contributed by atoms with Gasteiger partial charge in [0.1, 0.15) is 5.82 Å². The van der Waals surface area contributed by atoms with Gasteiger partial charge >= 0.3 is 0 Å². The molecule has 2 N–H and O–H groups in total. The second-order valence-corrected chi connectivity index (χ2v) is 6.63. The van der Waals surface area contributed by atoms with E-state index in [0.29, 0.717) is 11.4 Å². The molecule has 6 heteroatoms. The third-order valence-corrected chi connectivity index (χ3v) is 4.62. The maximum atomic E-state index is 12.4. The number of benzene rings is 2. The van der Waals surface area contributed by atoms with E-state index in [0.717, 1.165) is 11.1 Å². The largest absolute Gasteiger partial charge is 0.263 e. The minimum atomic E-state index is -3.65. The predicted octanol–water partition coefficient (Wildman–Crippen LogP) is 3.19. The van der Waals surface area contributed by atoms with Crippen molar-refractivity contribution in [3.05, 3.63) is 66.4 Å². The van der Waals surface area contributed by atoms with Crippen LogP contribution in [0.25, 0.3) is 11.1 Å². The molecule has 0 aliphatic carbocycles. The second-order valence-electron chi connectivity index (χ2n) is 4.95. The number of anilines is 1. The first-order valence-corrected chi connectivity index (χ1v) is 8.23. The topological polar surface area (TPSA) is 74.8 Å². The van der Waals surface area contributed by atoms with Crippen molar-refractivity contribution in [3.63, 3.8) is 0 Å². The van der Waals surface area contributed by atoms with E-state index in [4.69, 9.17) is 0 Å². The molecule has 0 amide bonds. The van der Waals surface area contributed by atoms with Crippen LogP contribution in [-0.4, -0.2) is 18.6 Å². The van der Waals surface area contributed by atoms with Crippen molar-refractivity contribution in [1.82, 2.24) is 10.2 Å². The van der Waals surface area contributed by atoms with Crippen molar-refractivity contribution in [2.75, 3.05) is 4.72 Å². The van der Waals surface area contributed by atoms with Gasteiger partial charge in [0, 0.05) is 5.56 Å². The fourth-order valence-corrected chi connectivity index (χ4v) is 3.25. The Hall–Kier alpha value is -2.60. The Bertz CT molecular complexity index is 887. The van der Waals surface area contributed by atoms with Crippen molar-refractivity contribution in [3.8, 4) is 11.1 Å². The average molecular weight is 313 g/mol. The van der Waals surface area contributed by atoms with Crippen molar-refractivity contribution in [1.29, 1.82) is 0 Å². The molecule has 0 spiro atoms. The maximum absolute atomic E-state index is 12.4. The fraction of sp³-hybridized carbons (Fsp3) is 0.0625. The van der Waals surface area contributed by atoms with E-state index in [1.165, 1.54) is 0 Å². The SMILES string of the molecule is Cc1cccc(-c2cn[nH]c2NS(=O)(=O)c2ccccc2)c1. The molecular weight excluding hydrogens is 298 g/mol. The maximum Gasteiger partial charge on any atom is 0.263 e. The van der Waals surface area contributed by atoms with Crippen LogP contribution in [0.1, 0.15) is 5.56 Å². The smallest absolute Gasteiger partial charge is 0.263 e. The van der Waals surface area contributed by atoms with Crippen LogP contribution < -0.4 is 4.72 Å². The van der Waals surface area contributed by atoms with Gasteiger partial charge in [-0.05, 0) is 24.6 Å². The van der Waals surface area contributed by atoms with E-state index in [-0.39, 0.29) is 4.90 Å². The van der Waals surface area contributed by atoms with Gasteiger partial charge in [-0.3, -0.25) is 9.82 Å². The van der Waals surface area contributed by atoms with E-state index in [1.807, 2.05) is 31.2 Å². The minimum absolute atomic E-state index is 0.208. The summed E-state index contributed by atoms with van der Waals surface area (Å²) in [6.07, 6.45) is 1.61. The van der Waals surface area contributed by atoms with E-state index >= 15 is 0 Å². The second kappa shape index (κ2) is 5.65. The van der Waals surface area contributed by atoms with Crippen molar-refractivity contribution >= 4 is 15.8 Å². The lowest BCUT2D eigenvalue weighted by molar-refractivity contribution is 0.601. The molecule has 0 aliphatic heterocycles. The summed E-state index contributed by atoms with van der Waals surface area (Å²) in [7, 11) is -3.65. The Balaban J connectivity index is 1.97. The molecule has 0 radical (unpaired) electrons. The molecule has 0 saturated carbocycles. The summed E-state index contributed by atoms with van der Waals surface area (Å²) in [4.78, 5) is 0.208. The summed E-state index contributed by atoms with van der Waals surface area (Å²) in [6.45, 7) is 1.98. The number of H-pyrrole nitrogens is 1. The Morgan fingerprint density at radius 1 is 1.05 bits per heavy atom. The van der Waals surface area contributed by atoms with Gasteiger partial charge in [0.05, 0.1) is 11.1 Å². The molecule has 0 atom stereocenters. The third kappa shape index (κ3) is 2.87. The Morgan fingerprint density at radius 3 is 2.55 bits per heavy atom. The number of aryl methyl sites for hydroxylation is 1. The first-order chi connectivity index (χ1) is 10.6. The molecule has 22 heavy (non-hydrogen) atoms. The number of nitrogens with one attached hydrogen (secondary N) is 2. The monoisotopic (exact) mass is 313 g/mol. The molecule has 0 unspecified atom stereocenters. The number of hydrogen-bond donors (Lipinski definition) is 2. The lowest BCUT2D eigenvalue weighted by atomic mass is 10.1. The first kappa shape index (κ1) is 14.3. The summed E-state index contributed by atoms with van der Waals surface area (Å²) in [5, 5.41) is 6.66. The molecule has 2 aromatic carbocycles. The number of aromatic nitrogens is 2. The molecule has 1 heterocycles. The summed E-state index contributed by atoms with van der Waals surface area (Å²) >= 11 is 0. The lowest BCUT2D eigenvalue weighted by Crippen LogP contribution is -2.13. The molecule has 5 nitrogen and oxygen atoms in total. The summed E-state index contributed by atoms with van der Waals surface area (Å²) in [6, 6.07) is 16.0. The molecule has 3 rings (SSSR count). The van der Waals surface area contributed by atoms with Crippen LogP contribution in [0.3, 0.4) is 0 Å². The lowest BCUT2D eigenvalue weighted by Gasteiger charge is -2.08. The summed E-state index contributed by atoms with van der Waals surface area (Å²) in [5.41, 5.74) is 2.71. The standard InChI is InChI=1S/C16H15N3O2S/c1-12-6-5-7-13(10-12)15-11-17-18-16(15)19-22(20,21)14-8-3-2-4-9-14/h2-11H,1H3,(H2,17,18,19). The predicted molar refractivity (Wildman–Crippen MR) is 86.0 cm³/mol. The minimum Gasteiger partial charge on any atom is -0.263 e. The number of aromatic amines is 1. The molecular formula is C16H15N3O2S. The molecule has 0 bridgehead atoms. The van der Waals surface area contributed by atoms with Crippen LogP contribution in [0.15, 0.2) is 65.7 Å². The fourth-order valence-electron chi connectivity index (χ4n) is 2.19. The van der Waals surface area contributed by atoms with Gasteiger partial charge < -0.3 is 0 Å². The zero-order valence-corrected chi connectivity index (χ0v) is 12.8. The normalized spacial score (nSPS) is 11.3. The molecule has 0 saturated heterocycles. The van der Waals surface area contributed by atoms with Gasteiger partial charge in [0.2, 0.25) is 0 Å². The van der Waals surface area contributed by atoms with Crippen LogP contribution in [0.5, 0.6) is 0 Å². The first-order valence-electron chi connectivity index (χ1n) is 6.74. The van der Waals surface area contributed by atoms with E-state index in [1.54, 1.807) is 36.5 Å². The van der Waals surface area contributed by atoms with E-state index < -0.39 is 10.0 Å². The third-order valence-electron chi connectivity index (χ3n) is 3.26. The summed E-state index contributed by atoms with van der Waals surface area (Å²) in [5.74, 6) is 0.356. The Kier molecular flexibility index (Phi) is 3.68. The van der Waals surface area contributed by atoms with Crippen LogP contribution >= 0.6 is 0 Å². The highest BCUT2D eigenvalue weighted by molar-refractivity contribution is 7.92. The highest BCUT2D eigenvalue weighted by Crippen LogP contribution is 2.28. The number of nitrogens with zero attached hydrogens (tertiary/aromatic N) is 1. The highest BCUT2D eigenvalue weighted by atomic mass is 32.2. The molecule has 0 aliphatic rings. The van der Waals surface area contributed by atoms with Gasteiger partial charge in [-0.1, -0.05) is 48.0 Å². The van der Waals surface area contributed by atoms with Gasteiger partial charge in [-0.15, -0.1) is 0 Å². The quantitative estimate of drug-likeness (QED) is 0.777. The Labute approximate surface area is 129 Å². The van der Waals surface area contributed by atoms with E-state index in [2.05, 4.69) is 14.9 Å². The zero-order valence-electron chi connectivity index (χ0n) is 11.9. The molecule has 3 aromatic rings. The van der Waals surface area contributed by atoms with Crippen LogP contribution in [0.4, 0.5) is 5.82 Å². The molecule has 0 fully saturated rings. The van der Waals surface area contributed by atoms with Crippen molar-refractivity contribution in [2.24, 2.45) is 0 Å². The van der Waals surface area contributed by atoms with Crippen LogP contribution in [0.2, 0.25) is 0 Å². The Morgan fingerprint density at radius 2 is 1.82 bits per heavy atom. The van der Waals surface area contributed by atoms with Crippen LogP contribution in [0, 0.1) is 6.92 Å². The van der Waals surface area contributed by atoms with Gasteiger partial charge in [-0.2, -0.15) is 5.10 Å². The van der Waals surface area contributed by atoms with Crippen molar-refractivity contribution in [2.45, 2.75) is 11.8 Å². The molecule has 112 valence electrons. The van der Waals surface area contributed by atoms with Crippen molar-refractivity contribution < 1.29 is 8.42 Å². The number of sulfonamides is 1. The number of hydrogen-bond acceptors (Lipinski definition) is 3. The highest BCUT2D eigenvalue weighted by Gasteiger charge is 2.17. The number of rotatable bonds is 4. The molecule has 1 aromatic heterocycles.